The van der Waals surface area contributed by atoms with Crippen molar-refractivity contribution in [1.82, 2.24) is 9.47 Å². The maximum Gasteiger partial charge on any atom is 0.256 e. The fourth-order valence-electron chi connectivity index (χ4n) is 2.98. The van der Waals surface area contributed by atoms with E-state index >= 15 is 0 Å². The lowest BCUT2D eigenvalue weighted by Gasteiger charge is -2.23. The Bertz CT molecular complexity index is 1000. The summed E-state index contributed by atoms with van der Waals surface area (Å²) in [6, 6.07) is 15.1. The summed E-state index contributed by atoms with van der Waals surface area (Å²) in [4.78, 5) is 14.7. The minimum atomic E-state index is -0.271. The molecule has 0 unspecified atom stereocenters. The van der Waals surface area contributed by atoms with Gasteiger partial charge in [-0.15, -0.1) is 6.58 Å². The van der Waals surface area contributed by atoms with Gasteiger partial charge in [0.05, 0.1) is 17.1 Å². The van der Waals surface area contributed by atoms with Crippen molar-refractivity contribution < 1.29 is 9.18 Å². The third kappa shape index (κ3) is 4.83. The first kappa shape index (κ1) is 20.2. The Balaban J connectivity index is 1.82. The Hall–Kier alpha value is -2.56. The molecule has 0 bridgehead atoms. The van der Waals surface area contributed by atoms with Crippen molar-refractivity contribution in [1.29, 1.82) is 0 Å². The quantitative estimate of drug-likeness (QED) is 0.446. The number of halogens is 3. The molecule has 1 aromatic heterocycles. The van der Waals surface area contributed by atoms with Crippen LogP contribution in [0.4, 0.5) is 4.39 Å². The molecule has 0 N–H and O–H groups in total. The van der Waals surface area contributed by atoms with Crippen LogP contribution in [0.3, 0.4) is 0 Å². The highest BCUT2D eigenvalue weighted by atomic mass is 35.5. The van der Waals surface area contributed by atoms with Gasteiger partial charge in [0.1, 0.15) is 5.82 Å². The van der Waals surface area contributed by atoms with Crippen LogP contribution >= 0.6 is 23.2 Å². The molecule has 0 radical (unpaired) electrons. The summed E-state index contributed by atoms with van der Waals surface area (Å²) in [5.41, 5.74) is 2.15. The van der Waals surface area contributed by atoms with Gasteiger partial charge in [-0.3, -0.25) is 4.79 Å². The second-order valence-corrected chi connectivity index (χ2v) is 7.20. The highest BCUT2D eigenvalue weighted by Crippen LogP contribution is 2.23. The van der Waals surface area contributed by atoms with E-state index in [0.29, 0.717) is 35.2 Å². The summed E-state index contributed by atoms with van der Waals surface area (Å²) < 4.78 is 15.5. The van der Waals surface area contributed by atoms with Crippen molar-refractivity contribution in [3.63, 3.8) is 0 Å². The van der Waals surface area contributed by atoms with Crippen LogP contribution in [0, 0.1) is 5.82 Å². The molecular weight excluding hydrogens is 398 g/mol. The van der Waals surface area contributed by atoms with Gasteiger partial charge in [-0.1, -0.05) is 41.4 Å². The van der Waals surface area contributed by atoms with Gasteiger partial charge in [-0.05, 0) is 48.0 Å². The molecule has 3 aromatic rings. The van der Waals surface area contributed by atoms with Crippen molar-refractivity contribution in [3.05, 3.63) is 106 Å². The van der Waals surface area contributed by atoms with Crippen LogP contribution in [0.2, 0.25) is 10.0 Å². The summed E-state index contributed by atoms with van der Waals surface area (Å²) in [7, 11) is 0. The lowest BCUT2D eigenvalue weighted by molar-refractivity contribution is 0.0759. The predicted molar refractivity (Wildman–Crippen MR) is 111 cm³/mol. The molecule has 0 saturated heterocycles. The average molecular weight is 417 g/mol. The molecular formula is C22H19Cl2FN2O. The molecule has 0 aliphatic rings. The van der Waals surface area contributed by atoms with E-state index in [4.69, 9.17) is 23.2 Å². The smallest absolute Gasteiger partial charge is 0.256 e. The topological polar surface area (TPSA) is 25.2 Å². The Morgan fingerprint density at radius 1 is 1.14 bits per heavy atom. The second kappa shape index (κ2) is 9.09. The molecule has 0 aliphatic carbocycles. The lowest BCUT2D eigenvalue weighted by Crippen LogP contribution is -2.31. The van der Waals surface area contributed by atoms with Crippen molar-refractivity contribution in [2.75, 3.05) is 6.54 Å². The Morgan fingerprint density at radius 2 is 1.96 bits per heavy atom. The summed E-state index contributed by atoms with van der Waals surface area (Å²) in [5.74, 6) is -0.480. The van der Waals surface area contributed by atoms with Crippen molar-refractivity contribution in [2.24, 2.45) is 0 Å². The molecule has 3 nitrogen and oxygen atoms in total. The van der Waals surface area contributed by atoms with Gasteiger partial charge in [0.15, 0.2) is 0 Å². The number of benzene rings is 2. The van der Waals surface area contributed by atoms with Gasteiger partial charge in [0.25, 0.3) is 5.91 Å². The van der Waals surface area contributed by atoms with Crippen LogP contribution in [0.5, 0.6) is 0 Å². The highest BCUT2D eigenvalue weighted by Gasteiger charge is 2.19. The normalized spacial score (nSPS) is 10.7. The third-order valence-corrected chi connectivity index (χ3v) is 4.86. The van der Waals surface area contributed by atoms with Crippen molar-refractivity contribution in [3.8, 4) is 0 Å². The number of aromatic nitrogens is 1. The second-order valence-electron chi connectivity index (χ2n) is 6.36. The highest BCUT2D eigenvalue weighted by molar-refractivity contribution is 6.36. The number of carbonyl (C=O) groups is 1. The molecule has 2 aromatic carbocycles. The number of rotatable bonds is 7. The SMILES string of the molecule is C=CCN(Cc1cccn1Cc1cccc(F)c1)C(=O)c1ccc(Cl)cc1Cl. The largest absolute Gasteiger partial charge is 0.345 e. The van der Waals surface area contributed by atoms with Crippen LogP contribution in [0.1, 0.15) is 21.6 Å². The number of hydrogen-bond acceptors (Lipinski definition) is 1. The number of amides is 1. The van der Waals surface area contributed by atoms with Gasteiger partial charge in [0.2, 0.25) is 0 Å². The summed E-state index contributed by atoms with van der Waals surface area (Å²) in [6.07, 6.45) is 3.58. The zero-order valence-corrected chi connectivity index (χ0v) is 16.6. The van der Waals surface area contributed by atoms with Crippen LogP contribution in [-0.2, 0) is 13.1 Å². The predicted octanol–water partition coefficient (Wildman–Crippen LogP) is 5.81. The van der Waals surface area contributed by atoms with Gasteiger partial charge in [-0.2, -0.15) is 0 Å². The molecule has 3 rings (SSSR count). The van der Waals surface area contributed by atoms with E-state index in [1.807, 2.05) is 29.0 Å². The molecule has 1 amide bonds. The Morgan fingerprint density at radius 3 is 2.68 bits per heavy atom. The molecule has 0 fully saturated rings. The van der Waals surface area contributed by atoms with E-state index in [9.17, 15) is 9.18 Å². The molecule has 0 aliphatic heterocycles. The zero-order valence-electron chi connectivity index (χ0n) is 15.1. The van der Waals surface area contributed by atoms with Gasteiger partial charge in [-0.25, -0.2) is 4.39 Å². The number of carbonyl (C=O) groups excluding carboxylic acids is 1. The van der Waals surface area contributed by atoms with Crippen LogP contribution < -0.4 is 0 Å². The maximum atomic E-state index is 13.5. The van der Waals surface area contributed by atoms with Crippen LogP contribution in [-0.4, -0.2) is 21.9 Å². The molecule has 0 spiro atoms. The van der Waals surface area contributed by atoms with E-state index < -0.39 is 0 Å². The Kier molecular flexibility index (Phi) is 6.55. The first-order valence-corrected chi connectivity index (χ1v) is 9.47. The minimum absolute atomic E-state index is 0.208. The van der Waals surface area contributed by atoms with E-state index in [-0.39, 0.29) is 11.7 Å². The minimum Gasteiger partial charge on any atom is -0.345 e. The average Bonchev–Trinajstić information content (AvgIpc) is 3.07. The van der Waals surface area contributed by atoms with E-state index in [1.165, 1.54) is 12.1 Å². The van der Waals surface area contributed by atoms with Gasteiger partial charge in [0, 0.05) is 30.0 Å². The van der Waals surface area contributed by atoms with Crippen molar-refractivity contribution in [2.45, 2.75) is 13.1 Å². The summed E-state index contributed by atoms with van der Waals surface area (Å²) >= 11 is 12.1. The van der Waals surface area contributed by atoms with Crippen LogP contribution in [0.25, 0.3) is 0 Å². The third-order valence-electron chi connectivity index (χ3n) is 4.32. The molecule has 144 valence electrons. The molecule has 0 saturated carbocycles. The first-order valence-electron chi connectivity index (χ1n) is 8.71. The summed E-state index contributed by atoms with van der Waals surface area (Å²) in [6.45, 7) is 4.99. The number of nitrogens with zero attached hydrogens (tertiary/aromatic N) is 2. The molecule has 1 heterocycles. The molecule has 6 heteroatoms. The van der Waals surface area contributed by atoms with E-state index in [2.05, 4.69) is 6.58 Å². The monoisotopic (exact) mass is 416 g/mol. The van der Waals surface area contributed by atoms with Gasteiger partial charge >= 0.3 is 0 Å². The number of hydrogen-bond donors (Lipinski definition) is 0. The van der Waals surface area contributed by atoms with Crippen molar-refractivity contribution >= 4 is 29.1 Å². The van der Waals surface area contributed by atoms with Gasteiger partial charge < -0.3 is 9.47 Å². The summed E-state index contributed by atoms with van der Waals surface area (Å²) in [5, 5.41) is 0.780. The first-order chi connectivity index (χ1) is 13.5. The standard InChI is InChI=1S/C22H19Cl2FN2O/c1-2-10-27(22(28)20-9-8-17(23)13-21(20)24)15-19-7-4-11-26(19)14-16-5-3-6-18(25)12-16/h2-9,11-13H,1,10,14-15H2. The Labute approximate surface area is 173 Å². The fourth-order valence-corrected chi connectivity index (χ4v) is 3.47. The molecule has 0 atom stereocenters. The van der Waals surface area contributed by atoms with Crippen LogP contribution in [0.15, 0.2) is 73.4 Å². The van der Waals surface area contributed by atoms with E-state index in [0.717, 1.165) is 11.3 Å². The zero-order chi connectivity index (χ0) is 20.1. The van der Waals surface area contributed by atoms with E-state index in [1.54, 1.807) is 35.2 Å². The lowest BCUT2D eigenvalue weighted by atomic mass is 10.2. The molecule has 28 heavy (non-hydrogen) atoms. The maximum absolute atomic E-state index is 13.5. The fraction of sp³-hybridized carbons (Fsp3) is 0.136.